The van der Waals surface area contributed by atoms with Crippen molar-refractivity contribution in [3.05, 3.63) is 23.9 Å². The number of primary amides is 1. The molecule has 0 aromatic carbocycles. The molecule has 1 aromatic rings. The van der Waals surface area contributed by atoms with Crippen molar-refractivity contribution < 1.29 is 27.5 Å². The predicted molar refractivity (Wildman–Crippen MR) is 89.6 cm³/mol. The number of nitrogens with two attached hydrogens (primary N) is 1. The normalized spacial score (nSPS) is 19.6. The Morgan fingerprint density at radius 2 is 2.22 bits per heavy atom. The summed E-state index contributed by atoms with van der Waals surface area (Å²) in [4.78, 5) is 24.9. The van der Waals surface area contributed by atoms with Crippen molar-refractivity contribution in [2.75, 3.05) is 25.5 Å². The van der Waals surface area contributed by atoms with Crippen molar-refractivity contribution >= 4 is 17.6 Å². The summed E-state index contributed by atoms with van der Waals surface area (Å²) in [6, 6.07) is -1.40. The average Bonchev–Trinajstić information content (AvgIpc) is 3.19. The Labute approximate surface area is 153 Å². The highest BCUT2D eigenvalue weighted by molar-refractivity contribution is 6.00. The molecule has 8 nitrogen and oxygen atoms in total. The Bertz CT molecular complexity index is 796. The van der Waals surface area contributed by atoms with Crippen LogP contribution in [0.15, 0.2) is 12.7 Å². The summed E-state index contributed by atoms with van der Waals surface area (Å²) >= 11 is 0. The van der Waals surface area contributed by atoms with Crippen molar-refractivity contribution in [3.63, 3.8) is 0 Å². The molecule has 1 aliphatic rings. The average molecular weight is 385 g/mol. The summed E-state index contributed by atoms with van der Waals surface area (Å²) in [5.74, 6) is 1.14. The molecule has 2 rings (SSSR count). The fraction of sp³-hybridized carbons (Fsp3) is 0.438. The highest BCUT2D eigenvalue weighted by atomic mass is 19.4. The van der Waals surface area contributed by atoms with Crippen LogP contribution in [-0.4, -0.2) is 59.1 Å². The molecular formula is C16H18F3N5O3. The molecule has 1 fully saturated rings. The monoisotopic (exact) mass is 385 g/mol. The van der Waals surface area contributed by atoms with Gasteiger partial charge in [0.15, 0.2) is 0 Å². The van der Waals surface area contributed by atoms with Gasteiger partial charge in [-0.1, -0.05) is 6.58 Å². The molecule has 0 spiro atoms. The first-order chi connectivity index (χ1) is 12.6. The summed E-state index contributed by atoms with van der Waals surface area (Å²) in [7, 11) is 1.52. The molecule has 2 amide bonds. The van der Waals surface area contributed by atoms with Crippen molar-refractivity contribution in [1.82, 2.24) is 14.7 Å². The summed E-state index contributed by atoms with van der Waals surface area (Å²) in [5.41, 5.74) is 5.35. The molecule has 1 aliphatic heterocycles. The number of rotatable bonds is 6. The van der Waals surface area contributed by atoms with Gasteiger partial charge in [-0.05, 0) is 18.4 Å². The molecular weight excluding hydrogens is 367 g/mol. The third kappa shape index (κ3) is 4.22. The number of terminal acetylenes is 1. The highest BCUT2D eigenvalue weighted by Crippen LogP contribution is 2.33. The zero-order valence-corrected chi connectivity index (χ0v) is 14.4. The fourth-order valence-electron chi connectivity index (χ4n) is 3.08. The number of hydrogen-bond acceptors (Lipinski definition) is 5. The zero-order valence-electron chi connectivity index (χ0n) is 14.4. The van der Waals surface area contributed by atoms with E-state index in [1.807, 2.05) is 0 Å². The third-order valence-corrected chi connectivity index (χ3v) is 4.17. The van der Waals surface area contributed by atoms with Crippen LogP contribution in [0.25, 0.3) is 0 Å². The summed E-state index contributed by atoms with van der Waals surface area (Å²) in [5, 5.41) is 6.93. The minimum atomic E-state index is -4.82. The van der Waals surface area contributed by atoms with Gasteiger partial charge in [0.1, 0.15) is 17.1 Å². The van der Waals surface area contributed by atoms with Crippen molar-refractivity contribution in [1.29, 1.82) is 0 Å². The molecule has 1 saturated heterocycles. The number of amides is 2. The molecule has 0 radical (unpaired) electrons. The maximum absolute atomic E-state index is 12.4. The topological polar surface area (TPSA) is 102 Å². The van der Waals surface area contributed by atoms with Crippen LogP contribution in [0, 0.1) is 12.3 Å². The van der Waals surface area contributed by atoms with Crippen LogP contribution in [0.1, 0.15) is 28.5 Å². The maximum Gasteiger partial charge on any atom is 0.522 e. The van der Waals surface area contributed by atoms with Gasteiger partial charge in [0.2, 0.25) is 5.91 Å². The van der Waals surface area contributed by atoms with Gasteiger partial charge in [-0.15, -0.1) is 19.6 Å². The van der Waals surface area contributed by atoms with Gasteiger partial charge < -0.3 is 16.0 Å². The Morgan fingerprint density at radius 1 is 1.56 bits per heavy atom. The summed E-state index contributed by atoms with van der Waals surface area (Å²) in [6.07, 6.45) is 1.65. The van der Waals surface area contributed by atoms with Gasteiger partial charge in [-0.25, -0.2) is 4.68 Å². The number of carbonyl (C=O) groups is 2. The largest absolute Gasteiger partial charge is 0.522 e. The van der Waals surface area contributed by atoms with E-state index in [9.17, 15) is 22.8 Å². The molecule has 146 valence electrons. The second-order valence-corrected chi connectivity index (χ2v) is 5.77. The number of hydrogen-bond donors (Lipinski definition) is 2. The number of likely N-dealkylation sites (tertiary alicyclic amines) is 1. The van der Waals surface area contributed by atoms with Crippen LogP contribution < -0.4 is 11.1 Å². The van der Waals surface area contributed by atoms with E-state index in [4.69, 9.17) is 12.2 Å². The van der Waals surface area contributed by atoms with Crippen LogP contribution in [0.4, 0.5) is 19.0 Å². The number of nitrogens with one attached hydrogen (secondary N) is 1. The van der Waals surface area contributed by atoms with Crippen LogP contribution >= 0.6 is 0 Å². The molecule has 1 aromatic heterocycles. The number of anilines is 1. The lowest BCUT2D eigenvalue weighted by Gasteiger charge is -2.23. The van der Waals surface area contributed by atoms with Gasteiger partial charge in [-0.3, -0.25) is 14.3 Å². The molecule has 3 N–H and O–H groups in total. The van der Waals surface area contributed by atoms with Crippen molar-refractivity contribution in [2.24, 2.45) is 5.73 Å². The summed E-state index contributed by atoms with van der Waals surface area (Å²) in [6.45, 7) is 2.66. The lowest BCUT2D eigenvalue weighted by atomic mass is 10.1. The number of ether oxygens (including phenoxy) is 1. The Kier molecular flexibility index (Phi) is 5.80. The SMILES string of the molecule is C#Cc1nn([C@H]2C[C@H](COC(F)(F)F)N(C(=O)C=C)C2)c(NC)c1C(N)=O. The fourth-order valence-corrected chi connectivity index (χ4v) is 3.08. The third-order valence-electron chi connectivity index (χ3n) is 4.17. The Morgan fingerprint density at radius 3 is 2.70 bits per heavy atom. The predicted octanol–water partition coefficient (Wildman–Crippen LogP) is 0.869. The molecule has 27 heavy (non-hydrogen) atoms. The van der Waals surface area contributed by atoms with Gasteiger partial charge in [0.25, 0.3) is 5.91 Å². The first kappa shape index (κ1) is 20.3. The minimum absolute atomic E-state index is 0.00316. The van der Waals surface area contributed by atoms with Crippen molar-refractivity contribution in [2.45, 2.75) is 24.9 Å². The standard InChI is InChI=1S/C16H18F3N5O3/c1-4-11-13(14(20)26)15(21-3)24(22-11)9-6-10(8-27-16(17,18)19)23(7-9)12(25)5-2/h1,5,9-10,21H,2,6-8H2,3H3,(H2,20,26)/t9-,10+/m0/s1. The molecule has 2 heterocycles. The first-order valence-corrected chi connectivity index (χ1v) is 7.83. The number of alkyl halides is 3. The molecule has 0 aliphatic carbocycles. The molecule has 0 saturated carbocycles. The number of nitrogens with zero attached hydrogens (tertiary/aromatic N) is 3. The van der Waals surface area contributed by atoms with E-state index in [-0.39, 0.29) is 30.0 Å². The Balaban J connectivity index is 2.37. The van der Waals surface area contributed by atoms with Crippen molar-refractivity contribution in [3.8, 4) is 12.3 Å². The zero-order chi connectivity index (χ0) is 20.4. The smallest absolute Gasteiger partial charge is 0.373 e. The Hall–Kier alpha value is -3.00. The number of halogens is 3. The lowest BCUT2D eigenvalue weighted by Crippen LogP contribution is -2.38. The van der Waals surface area contributed by atoms with E-state index in [0.717, 1.165) is 6.08 Å². The molecule has 11 heteroatoms. The van der Waals surface area contributed by atoms with E-state index in [0.29, 0.717) is 0 Å². The van der Waals surface area contributed by atoms with Gasteiger partial charge >= 0.3 is 6.36 Å². The van der Waals surface area contributed by atoms with Gasteiger partial charge in [-0.2, -0.15) is 5.10 Å². The van der Waals surface area contributed by atoms with Crippen LogP contribution in [0.2, 0.25) is 0 Å². The van der Waals surface area contributed by atoms with E-state index >= 15 is 0 Å². The van der Waals surface area contributed by atoms with Gasteiger partial charge in [0, 0.05) is 13.6 Å². The second kappa shape index (κ2) is 7.71. The van der Waals surface area contributed by atoms with Crippen LogP contribution in [-0.2, 0) is 9.53 Å². The quantitative estimate of drug-likeness (QED) is 0.559. The molecule has 0 bridgehead atoms. The minimum Gasteiger partial charge on any atom is -0.373 e. The van der Waals surface area contributed by atoms with E-state index < -0.39 is 36.9 Å². The number of carbonyl (C=O) groups excluding carboxylic acids is 2. The molecule has 0 unspecified atom stereocenters. The number of aromatic nitrogens is 2. The van der Waals surface area contributed by atoms with E-state index in [2.05, 4.69) is 27.7 Å². The lowest BCUT2D eigenvalue weighted by molar-refractivity contribution is -0.327. The first-order valence-electron chi connectivity index (χ1n) is 7.83. The summed E-state index contributed by atoms with van der Waals surface area (Å²) < 4.78 is 42.5. The molecule has 2 atom stereocenters. The second-order valence-electron chi connectivity index (χ2n) is 5.77. The van der Waals surface area contributed by atoms with Crippen LogP contribution in [0.5, 0.6) is 0 Å². The van der Waals surface area contributed by atoms with Gasteiger partial charge in [0.05, 0.1) is 18.7 Å². The van der Waals surface area contributed by atoms with E-state index in [1.165, 1.54) is 16.6 Å². The highest BCUT2D eigenvalue weighted by Gasteiger charge is 2.40. The van der Waals surface area contributed by atoms with E-state index in [1.54, 1.807) is 0 Å². The maximum atomic E-state index is 12.4. The van der Waals surface area contributed by atoms with Crippen LogP contribution in [0.3, 0.4) is 0 Å².